The van der Waals surface area contributed by atoms with Crippen LogP contribution in [0.15, 0.2) is 58.6 Å². The first kappa shape index (κ1) is 17.9. The van der Waals surface area contributed by atoms with Gasteiger partial charge in [0.15, 0.2) is 0 Å². The van der Waals surface area contributed by atoms with Crippen LogP contribution in [0.3, 0.4) is 0 Å². The van der Waals surface area contributed by atoms with Crippen LogP contribution in [0.5, 0.6) is 0 Å². The van der Waals surface area contributed by atoms with Crippen molar-refractivity contribution in [3.8, 4) is 0 Å². The normalized spacial score (nSPS) is 19.0. The van der Waals surface area contributed by atoms with E-state index in [1.165, 1.54) is 5.56 Å². The summed E-state index contributed by atoms with van der Waals surface area (Å²) in [6, 6.07) is 13.2. The largest absolute Gasteiger partial charge is 0.355 e. The van der Waals surface area contributed by atoms with Gasteiger partial charge < -0.3 is 10.2 Å². The first-order valence-electron chi connectivity index (χ1n) is 8.85. The van der Waals surface area contributed by atoms with E-state index in [0.29, 0.717) is 12.1 Å². The molecule has 0 fully saturated rings. The van der Waals surface area contributed by atoms with Gasteiger partial charge in [-0.1, -0.05) is 24.3 Å². The fourth-order valence-corrected chi connectivity index (χ4v) is 5.26. The van der Waals surface area contributed by atoms with Gasteiger partial charge in [-0.05, 0) is 51.9 Å². The highest BCUT2D eigenvalue weighted by atomic mass is 32.1. The number of thiophene rings is 2. The number of benzene rings is 1. The second-order valence-electron chi connectivity index (χ2n) is 6.61. The molecule has 27 heavy (non-hydrogen) atoms. The molecule has 3 heterocycles. The molecular weight excluding hydrogens is 376 g/mol. The van der Waals surface area contributed by atoms with E-state index in [1.54, 1.807) is 34.6 Å². The van der Waals surface area contributed by atoms with E-state index in [9.17, 15) is 9.59 Å². The third-order valence-electron chi connectivity index (χ3n) is 4.99. The molecule has 1 aliphatic rings. The number of hydrogen-bond donors (Lipinski definition) is 1. The van der Waals surface area contributed by atoms with Crippen molar-refractivity contribution in [3.05, 3.63) is 80.2 Å². The van der Waals surface area contributed by atoms with Gasteiger partial charge in [0, 0.05) is 24.0 Å². The third kappa shape index (κ3) is 3.42. The lowest BCUT2D eigenvalue weighted by atomic mass is 9.81. The summed E-state index contributed by atoms with van der Waals surface area (Å²) in [6.07, 6.45) is 0.808. The van der Waals surface area contributed by atoms with E-state index in [0.717, 1.165) is 16.9 Å². The molecule has 1 aromatic carbocycles. The van der Waals surface area contributed by atoms with Gasteiger partial charge in [-0.3, -0.25) is 9.59 Å². The molecule has 1 aliphatic heterocycles. The molecule has 4 rings (SSSR count). The van der Waals surface area contributed by atoms with Gasteiger partial charge in [0.2, 0.25) is 5.91 Å². The monoisotopic (exact) mass is 396 g/mol. The number of nitrogens with zero attached hydrogens (tertiary/aromatic N) is 1. The van der Waals surface area contributed by atoms with Crippen LogP contribution in [0.25, 0.3) is 0 Å². The van der Waals surface area contributed by atoms with Gasteiger partial charge in [0.05, 0.1) is 12.0 Å². The van der Waals surface area contributed by atoms with Crippen LogP contribution in [0, 0.1) is 0 Å². The number of nitrogens with one attached hydrogen (secondary N) is 1. The minimum Gasteiger partial charge on any atom is -0.355 e. The van der Waals surface area contributed by atoms with Gasteiger partial charge in [0.25, 0.3) is 5.91 Å². The quantitative estimate of drug-likeness (QED) is 0.706. The summed E-state index contributed by atoms with van der Waals surface area (Å²) in [5, 5.41) is 9.22. The fourth-order valence-electron chi connectivity index (χ4n) is 3.65. The Morgan fingerprint density at radius 3 is 2.74 bits per heavy atom. The zero-order chi connectivity index (χ0) is 18.8. The highest BCUT2D eigenvalue weighted by Crippen LogP contribution is 2.43. The molecule has 1 N–H and O–H groups in total. The molecule has 0 aliphatic carbocycles. The summed E-state index contributed by atoms with van der Waals surface area (Å²) in [5.41, 5.74) is 2.66. The number of fused-ring (bicyclic) bond motifs is 1. The van der Waals surface area contributed by atoms with E-state index in [4.69, 9.17) is 0 Å². The van der Waals surface area contributed by atoms with E-state index >= 15 is 0 Å². The Labute approximate surface area is 166 Å². The minimum atomic E-state index is -0.412. The Morgan fingerprint density at radius 1 is 1.15 bits per heavy atom. The summed E-state index contributed by atoms with van der Waals surface area (Å²) in [7, 11) is 1.79. The number of carbonyl (C=O) groups is 2. The molecule has 0 bridgehead atoms. The van der Waals surface area contributed by atoms with Crippen molar-refractivity contribution in [2.75, 3.05) is 13.6 Å². The number of carbonyl (C=O) groups excluding carboxylic acids is 2. The van der Waals surface area contributed by atoms with E-state index in [-0.39, 0.29) is 17.9 Å². The van der Waals surface area contributed by atoms with Crippen molar-refractivity contribution in [3.63, 3.8) is 0 Å². The van der Waals surface area contributed by atoms with Crippen LogP contribution in [-0.4, -0.2) is 30.3 Å². The van der Waals surface area contributed by atoms with Crippen molar-refractivity contribution >= 4 is 34.5 Å². The van der Waals surface area contributed by atoms with Crippen LogP contribution in [0.2, 0.25) is 0 Å². The Morgan fingerprint density at radius 2 is 2.00 bits per heavy atom. The van der Waals surface area contributed by atoms with Gasteiger partial charge >= 0.3 is 0 Å². The molecule has 0 radical (unpaired) electrons. The molecule has 138 valence electrons. The molecule has 6 heteroatoms. The topological polar surface area (TPSA) is 49.4 Å². The number of rotatable bonds is 5. The summed E-state index contributed by atoms with van der Waals surface area (Å²) in [5.74, 6) is -0.480. The average molecular weight is 397 g/mol. The fraction of sp³-hybridized carbons (Fsp3) is 0.238. The van der Waals surface area contributed by atoms with E-state index in [2.05, 4.69) is 16.8 Å². The van der Waals surface area contributed by atoms with Crippen molar-refractivity contribution in [2.45, 2.75) is 18.4 Å². The smallest absolute Gasteiger partial charge is 0.254 e. The average Bonchev–Trinajstić information content (AvgIpc) is 3.38. The lowest BCUT2D eigenvalue weighted by Crippen LogP contribution is -2.45. The second-order valence-corrected chi connectivity index (χ2v) is 8.37. The van der Waals surface area contributed by atoms with Gasteiger partial charge in [-0.25, -0.2) is 0 Å². The van der Waals surface area contributed by atoms with Crippen LogP contribution in [0.1, 0.15) is 38.3 Å². The highest BCUT2D eigenvalue weighted by molar-refractivity contribution is 7.10. The zero-order valence-corrected chi connectivity index (χ0v) is 16.6. The molecule has 2 aromatic heterocycles. The standard InChI is InChI=1S/C21H20N2O2S2/c1-23-19(17-7-4-11-27-17)18(15-5-2-3-6-16(15)21(23)25)20(24)22-10-8-14-9-12-26-13-14/h2-7,9,11-13,18-19H,8,10H2,1H3,(H,22,24). The Balaban J connectivity index is 1.64. The maximum Gasteiger partial charge on any atom is 0.254 e. The molecular formula is C21H20N2O2S2. The summed E-state index contributed by atoms with van der Waals surface area (Å²) >= 11 is 3.24. The lowest BCUT2D eigenvalue weighted by molar-refractivity contribution is -0.124. The molecule has 2 atom stereocenters. The Kier molecular flexibility index (Phi) is 5.09. The molecule has 3 aromatic rings. The number of hydrogen-bond acceptors (Lipinski definition) is 4. The van der Waals surface area contributed by atoms with E-state index < -0.39 is 5.92 Å². The van der Waals surface area contributed by atoms with Crippen molar-refractivity contribution in [1.82, 2.24) is 10.2 Å². The molecule has 2 amide bonds. The zero-order valence-electron chi connectivity index (χ0n) is 14.9. The highest BCUT2D eigenvalue weighted by Gasteiger charge is 2.42. The number of amides is 2. The first-order chi connectivity index (χ1) is 13.2. The SMILES string of the molecule is CN1C(=O)c2ccccc2C(C(=O)NCCc2ccsc2)C1c1cccs1. The molecule has 0 saturated heterocycles. The Hall–Kier alpha value is -2.44. The van der Waals surface area contributed by atoms with Crippen molar-refractivity contribution < 1.29 is 9.59 Å². The summed E-state index contributed by atoms with van der Waals surface area (Å²) in [4.78, 5) is 28.8. The maximum absolute atomic E-state index is 13.2. The predicted molar refractivity (Wildman–Crippen MR) is 109 cm³/mol. The van der Waals surface area contributed by atoms with Crippen LogP contribution in [-0.2, 0) is 11.2 Å². The maximum atomic E-state index is 13.2. The van der Waals surface area contributed by atoms with Crippen LogP contribution < -0.4 is 5.32 Å². The van der Waals surface area contributed by atoms with Gasteiger partial charge in [-0.15, -0.1) is 11.3 Å². The van der Waals surface area contributed by atoms with Crippen molar-refractivity contribution in [1.29, 1.82) is 0 Å². The van der Waals surface area contributed by atoms with E-state index in [1.807, 2.05) is 47.2 Å². The molecule has 2 unspecified atom stereocenters. The van der Waals surface area contributed by atoms with Gasteiger partial charge in [-0.2, -0.15) is 11.3 Å². The third-order valence-corrected chi connectivity index (χ3v) is 6.66. The van der Waals surface area contributed by atoms with Crippen molar-refractivity contribution in [2.24, 2.45) is 0 Å². The van der Waals surface area contributed by atoms with Gasteiger partial charge in [0.1, 0.15) is 0 Å². The summed E-state index contributed by atoms with van der Waals surface area (Å²) in [6.45, 7) is 0.586. The Bertz CT molecular complexity index is 935. The lowest BCUT2D eigenvalue weighted by Gasteiger charge is -2.39. The summed E-state index contributed by atoms with van der Waals surface area (Å²) < 4.78 is 0. The molecule has 4 nitrogen and oxygen atoms in total. The predicted octanol–water partition coefficient (Wildman–Crippen LogP) is 4.08. The van der Waals surface area contributed by atoms with Crippen LogP contribution >= 0.6 is 22.7 Å². The second kappa shape index (κ2) is 7.66. The van der Waals surface area contributed by atoms with Crippen LogP contribution in [0.4, 0.5) is 0 Å². The minimum absolute atomic E-state index is 0.0320. The first-order valence-corrected chi connectivity index (χ1v) is 10.7. The molecule has 0 spiro atoms. The number of likely N-dealkylation sites (N-methyl/N-ethyl adjacent to an activating group) is 1. The molecule has 0 saturated carbocycles.